The van der Waals surface area contributed by atoms with Gasteiger partial charge in [-0.05, 0) is 75.6 Å². The molecule has 1 saturated heterocycles. The first-order valence-electron chi connectivity index (χ1n) is 21.3. The fourth-order valence-corrected chi connectivity index (χ4v) is 12.0. The average Bonchev–Trinajstić information content (AvgIpc) is 3.63. The summed E-state index contributed by atoms with van der Waals surface area (Å²) in [6.45, 7) is 13.0. The van der Waals surface area contributed by atoms with Crippen molar-refractivity contribution in [2.45, 2.75) is 115 Å². The molecule has 64 heavy (non-hydrogen) atoms. The number of benzene rings is 2. The van der Waals surface area contributed by atoms with Crippen LogP contribution in [0.1, 0.15) is 78.7 Å². The number of methoxy groups -OCH3 is 1. The van der Waals surface area contributed by atoms with Gasteiger partial charge in [-0.3, -0.25) is 14.2 Å². The number of nitrogens with one attached hydrogen (secondary N) is 3. The number of thiazole rings is 1. The van der Waals surface area contributed by atoms with Crippen LogP contribution in [0.3, 0.4) is 0 Å². The highest BCUT2D eigenvalue weighted by Crippen LogP contribution is 2.71. The number of hydrogen-bond acceptors (Lipinski definition) is 11. The first kappa shape index (κ1) is 47.1. The molecule has 19 heteroatoms. The van der Waals surface area contributed by atoms with Gasteiger partial charge in [0.05, 0.1) is 36.0 Å². The Bertz CT molecular complexity index is 2500. The molecule has 2 saturated carbocycles. The minimum Gasteiger partial charge on any atom is -0.497 e. The summed E-state index contributed by atoms with van der Waals surface area (Å²) in [5.74, 6) is -3.13. The molecule has 7 rings (SSSR count). The van der Waals surface area contributed by atoms with Crippen molar-refractivity contribution >= 4 is 64.2 Å². The number of ether oxygens (including phenoxy) is 3. The van der Waals surface area contributed by atoms with Gasteiger partial charge in [-0.1, -0.05) is 38.4 Å². The van der Waals surface area contributed by atoms with E-state index in [1.54, 1.807) is 52.1 Å². The Kier molecular flexibility index (Phi) is 13.7. The standard InChI is InChI=1S/C45H54ClF2N6O8PS/c1-8-25-20-45(25,63(58,59)22-30-31(47)15-16-32(48)38(30)46)53-40(55)36-18-28(21-54(36)41(56)39(44(4,5)6)52-43(57)62-26-11-9-10-12-26)61-37-19-34(35-23-64-42(51-35)49-24(2)3)50-33-17-27(60-7)13-14-29(33)37/h8,13-17,19,23-26,28,36,39H,1,9-12,18,20-22H2,2-7H3,(H,49,51)(H,52,57)(H,53,55)(H,58,59)/t25-,28-,36+,39-,45+/m1/s1. The summed E-state index contributed by atoms with van der Waals surface area (Å²) in [5.41, 5.74) is 0.249. The molecule has 4 aromatic rings. The van der Waals surface area contributed by atoms with Crippen LogP contribution < -0.4 is 25.4 Å². The van der Waals surface area contributed by atoms with E-state index in [2.05, 4.69) is 22.5 Å². The Balaban J connectivity index is 1.23. The molecule has 1 aliphatic heterocycles. The molecule has 3 aliphatic rings. The highest BCUT2D eigenvalue weighted by Gasteiger charge is 2.66. The topological polar surface area (TPSA) is 181 Å². The van der Waals surface area contributed by atoms with Crippen molar-refractivity contribution in [2.24, 2.45) is 11.3 Å². The summed E-state index contributed by atoms with van der Waals surface area (Å²) < 4.78 is 61.7. The summed E-state index contributed by atoms with van der Waals surface area (Å²) >= 11 is 7.51. The molecule has 2 aliphatic carbocycles. The van der Waals surface area contributed by atoms with Gasteiger partial charge in [0.15, 0.2) is 5.13 Å². The molecule has 0 spiro atoms. The van der Waals surface area contributed by atoms with Crippen LogP contribution in [0.5, 0.6) is 11.5 Å². The highest BCUT2D eigenvalue weighted by atomic mass is 35.5. The molecule has 2 aromatic heterocycles. The first-order chi connectivity index (χ1) is 30.2. The van der Waals surface area contributed by atoms with Crippen molar-refractivity contribution in [3.8, 4) is 22.9 Å². The van der Waals surface area contributed by atoms with Crippen LogP contribution in [0.15, 0.2) is 54.4 Å². The predicted molar refractivity (Wildman–Crippen MR) is 242 cm³/mol. The number of halogens is 3. The number of amides is 3. The molecule has 3 amide bonds. The Morgan fingerprint density at radius 1 is 1.09 bits per heavy atom. The second kappa shape index (κ2) is 18.6. The monoisotopic (exact) mass is 942 g/mol. The third kappa shape index (κ3) is 9.87. The van der Waals surface area contributed by atoms with Crippen molar-refractivity contribution < 1.29 is 46.8 Å². The van der Waals surface area contributed by atoms with E-state index in [-0.39, 0.29) is 31.5 Å². The molecular weight excluding hydrogens is 889 g/mol. The van der Waals surface area contributed by atoms with Crippen LogP contribution in [-0.2, 0) is 25.1 Å². The SMILES string of the molecule is C=C[C@@H]1C[C@]1(NC(=O)[C@@H]1C[C@@H](Oc2cc(-c3csc(NC(C)C)n3)nc3cc(OC)ccc23)CN1C(=O)[C@@H](NC(=O)OC1CCCC1)C(C)(C)C)P(=O)(O)Cc1c(F)ccc(F)c1Cl. The van der Waals surface area contributed by atoms with Gasteiger partial charge in [0.2, 0.25) is 19.2 Å². The van der Waals surface area contributed by atoms with E-state index >= 15 is 0 Å². The smallest absolute Gasteiger partial charge is 0.408 e. The summed E-state index contributed by atoms with van der Waals surface area (Å²) in [5, 5.41) is 9.56. The predicted octanol–water partition coefficient (Wildman–Crippen LogP) is 9.04. The number of anilines is 1. The largest absolute Gasteiger partial charge is 0.497 e. The minimum atomic E-state index is -4.64. The lowest BCUT2D eigenvalue weighted by molar-refractivity contribution is -0.142. The fourth-order valence-electron chi connectivity index (χ4n) is 8.47. The summed E-state index contributed by atoms with van der Waals surface area (Å²) in [7, 11) is -3.10. The molecule has 1 unspecified atom stereocenters. The number of carbonyl (C=O) groups excluding carboxylic acids is 3. The van der Waals surface area contributed by atoms with Gasteiger partial charge in [-0.15, -0.1) is 17.9 Å². The summed E-state index contributed by atoms with van der Waals surface area (Å²) in [6.07, 6.45) is 1.82. The lowest BCUT2D eigenvalue weighted by Gasteiger charge is -2.36. The lowest BCUT2D eigenvalue weighted by Crippen LogP contribution is -2.58. The molecule has 3 fully saturated rings. The van der Waals surface area contributed by atoms with E-state index in [0.29, 0.717) is 51.8 Å². The zero-order valence-corrected chi connectivity index (χ0v) is 39.0. The van der Waals surface area contributed by atoms with E-state index in [1.807, 2.05) is 19.2 Å². The molecule has 4 N–H and O–H groups in total. The number of carbonyl (C=O) groups is 3. The van der Waals surface area contributed by atoms with Crippen LogP contribution >= 0.6 is 30.3 Å². The lowest BCUT2D eigenvalue weighted by atomic mass is 9.85. The molecule has 6 atom stereocenters. The normalized spacial score (nSPS) is 22.5. The van der Waals surface area contributed by atoms with Crippen LogP contribution in [0.2, 0.25) is 5.02 Å². The van der Waals surface area contributed by atoms with Crippen LogP contribution in [0, 0.1) is 23.0 Å². The van der Waals surface area contributed by atoms with Gasteiger partial charge in [-0.25, -0.2) is 23.5 Å². The maximum atomic E-state index is 15.0. The number of likely N-dealkylation sites (tertiary alicyclic amines) is 1. The molecule has 0 radical (unpaired) electrons. The Labute approximate surface area is 379 Å². The second-order valence-corrected chi connectivity index (χ2v) is 21.9. The van der Waals surface area contributed by atoms with Gasteiger partial charge in [0.25, 0.3) is 0 Å². The van der Waals surface area contributed by atoms with Crippen LogP contribution in [0.25, 0.3) is 22.3 Å². The van der Waals surface area contributed by atoms with Crippen molar-refractivity contribution in [3.05, 3.63) is 76.7 Å². The van der Waals surface area contributed by atoms with Crippen molar-refractivity contribution in [2.75, 3.05) is 19.0 Å². The van der Waals surface area contributed by atoms with Gasteiger partial charge in [0.1, 0.15) is 58.4 Å². The third-order valence-electron chi connectivity index (χ3n) is 12.0. The van der Waals surface area contributed by atoms with Crippen LogP contribution in [0.4, 0.5) is 18.7 Å². The van der Waals surface area contributed by atoms with Crippen molar-refractivity contribution in [1.29, 1.82) is 0 Å². The average molecular weight is 943 g/mol. The zero-order valence-electron chi connectivity index (χ0n) is 36.6. The quantitative estimate of drug-likeness (QED) is 0.0507. The van der Waals surface area contributed by atoms with Gasteiger partial charge < -0.3 is 40.0 Å². The van der Waals surface area contributed by atoms with E-state index in [4.69, 9.17) is 35.8 Å². The number of alkyl carbamates (subject to hydrolysis) is 1. The summed E-state index contributed by atoms with van der Waals surface area (Å²) in [6, 6.07) is 6.37. The van der Waals surface area contributed by atoms with Gasteiger partial charge in [-0.2, -0.15) is 0 Å². The maximum absolute atomic E-state index is 15.0. The first-order valence-corrected chi connectivity index (χ1v) is 24.4. The zero-order chi connectivity index (χ0) is 46.3. The molecule has 344 valence electrons. The number of nitrogens with zero attached hydrogens (tertiary/aromatic N) is 3. The minimum absolute atomic E-state index is 0.0371. The Morgan fingerprint density at radius 2 is 1.81 bits per heavy atom. The van der Waals surface area contributed by atoms with Crippen molar-refractivity contribution in [3.63, 3.8) is 0 Å². The van der Waals surface area contributed by atoms with E-state index in [1.165, 1.54) is 22.3 Å². The third-order valence-corrected chi connectivity index (χ3v) is 15.8. The molecular formula is C45H54ClF2N6O8PS. The molecule has 0 bridgehead atoms. The number of rotatable bonds is 15. The molecule has 2 aromatic carbocycles. The Morgan fingerprint density at radius 3 is 2.47 bits per heavy atom. The Hall–Kier alpha value is -4.83. The summed E-state index contributed by atoms with van der Waals surface area (Å²) in [4.78, 5) is 65.6. The van der Waals surface area contributed by atoms with E-state index < -0.39 is 88.5 Å². The fraction of sp³-hybridized carbons (Fsp3) is 0.489. The van der Waals surface area contributed by atoms with E-state index in [9.17, 15) is 32.6 Å². The molecule has 3 heterocycles. The maximum Gasteiger partial charge on any atom is 0.408 e. The molecule has 14 nitrogen and oxygen atoms in total. The number of pyridine rings is 1. The second-order valence-electron chi connectivity index (χ2n) is 18.1. The van der Waals surface area contributed by atoms with Gasteiger partial charge >= 0.3 is 6.09 Å². The number of aromatic nitrogens is 2. The van der Waals surface area contributed by atoms with Crippen molar-refractivity contribution in [1.82, 2.24) is 25.5 Å². The number of hydrogen-bond donors (Lipinski definition) is 4. The number of fused-ring (bicyclic) bond motifs is 1. The van der Waals surface area contributed by atoms with Crippen LogP contribution in [-0.4, -0.2) is 86.9 Å². The highest BCUT2D eigenvalue weighted by molar-refractivity contribution is 7.59. The van der Waals surface area contributed by atoms with Gasteiger partial charge in [0, 0.05) is 46.8 Å². The van der Waals surface area contributed by atoms with E-state index in [0.717, 1.165) is 25.0 Å².